The van der Waals surface area contributed by atoms with Crippen molar-refractivity contribution in [2.45, 2.75) is 0 Å². The quantitative estimate of drug-likeness (QED) is 0.512. The summed E-state index contributed by atoms with van der Waals surface area (Å²) in [5.74, 6) is 1.63. The summed E-state index contributed by atoms with van der Waals surface area (Å²) < 4.78 is 5.28. The fourth-order valence-electron chi connectivity index (χ4n) is 2.84. The zero-order chi connectivity index (χ0) is 20.9. The monoisotopic (exact) mass is 400 g/mol. The molecule has 2 amide bonds. The van der Waals surface area contributed by atoms with Crippen LogP contribution >= 0.6 is 0 Å². The Morgan fingerprint density at radius 3 is 2.57 bits per heavy atom. The first-order chi connectivity index (χ1) is 14.6. The van der Waals surface area contributed by atoms with E-state index in [1.165, 1.54) is 0 Å². The van der Waals surface area contributed by atoms with Crippen LogP contribution in [-0.2, 0) is 0 Å². The highest BCUT2D eigenvalue weighted by atomic mass is 16.3. The Labute approximate surface area is 173 Å². The molecule has 0 unspecified atom stereocenters. The van der Waals surface area contributed by atoms with Crippen LogP contribution in [0, 0.1) is 0 Å². The highest BCUT2D eigenvalue weighted by Gasteiger charge is 2.11. The zero-order valence-corrected chi connectivity index (χ0v) is 16.5. The molecule has 2 aromatic heterocycles. The molecular weight excluding hydrogens is 380 g/mol. The van der Waals surface area contributed by atoms with Crippen molar-refractivity contribution in [3.8, 4) is 0 Å². The van der Waals surface area contributed by atoms with Crippen LogP contribution in [0.3, 0.4) is 0 Å². The highest BCUT2D eigenvalue weighted by Crippen LogP contribution is 2.23. The number of urea groups is 1. The largest absolute Gasteiger partial charge is 0.465 e. The van der Waals surface area contributed by atoms with Crippen molar-refractivity contribution >= 4 is 46.5 Å². The molecule has 2 heterocycles. The lowest BCUT2D eigenvalue weighted by Gasteiger charge is -2.13. The van der Waals surface area contributed by atoms with E-state index in [9.17, 15) is 4.79 Å². The number of benzene rings is 2. The van der Waals surface area contributed by atoms with E-state index in [0.717, 1.165) is 10.8 Å². The Hall–Kier alpha value is -4.20. The predicted molar refractivity (Wildman–Crippen MR) is 118 cm³/mol. The third-order valence-corrected chi connectivity index (χ3v) is 4.24. The van der Waals surface area contributed by atoms with E-state index in [4.69, 9.17) is 4.42 Å². The molecule has 4 aromatic rings. The minimum Gasteiger partial charge on any atom is -0.465 e. The van der Waals surface area contributed by atoms with Crippen molar-refractivity contribution in [3.05, 3.63) is 72.4 Å². The van der Waals surface area contributed by atoms with E-state index < -0.39 is 6.03 Å². The van der Waals surface area contributed by atoms with Crippen molar-refractivity contribution in [1.82, 2.24) is 15.0 Å². The van der Waals surface area contributed by atoms with Crippen molar-refractivity contribution in [2.24, 2.45) is 0 Å². The Morgan fingerprint density at radius 1 is 0.933 bits per heavy atom. The fourth-order valence-corrected chi connectivity index (χ4v) is 2.84. The molecule has 2 N–H and O–H groups in total. The first-order valence-electron chi connectivity index (χ1n) is 9.29. The van der Waals surface area contributed by atoms with E-state index in [-0.39, 0.29) is 5.95 Å². The summed E-state index contributed by atoms with van der Waals surface area (Å²) in [7, 11) is 3.63. The van der Waals surface area contributed by atoms with Gasteiger partial charge in [0.15, 0.2) is 5.82 Å². The number of anilines is 3. The van der Waals surface area contributed by atoms with E-state index in [1.54, 1.807) is 29.4 Å². The molecule has 4 rings (SSSR count). The normalized spacial score (nSPS) is 11.0. The maximum atomic E-state index is 12.6. The van der Waals surface area contributed by atoms with Crippen LogP contribution in [0.4, 0.5) is 22.4 Å². The number of hydrogen-bond donors (Lipinski definition) is 2. The highest BCUT2D eigenvalue weighted by molar-refractivity contribution is 6.05. The predicted octanol–water partition coefficient (Wildman–Crippen LogP) is 4.50. The lowest BCUT2D eigenvalue weighted by atomic mass is 10.1. The van der Waals surface area contributed by atoms with Crippen LogP contribution in [0.15, 0.2) is 65.3 Å². The average molecular weight is 400 g/mol. The van der Waals surface area contributed by atoms with Crippen molar-refractivity contribution in [2.75, 3.05) is 29.6 Å². The molecule has 8 nitrogen and oxygen atoms in total. The lowest BCUT2D eigenvalue weighted by molar-refractivity contribution is 0.262. The first kappa shape index (κ1) is 19.1. The second-order valence-corrected chi connectivity index (χ2v) is 6.67. The molecule has 30 heavy (non-hydrogen) atoms. The summed E-state index contributed by atoms with van der Waals surface area (Å²) in [5, 5.41) is 7.53. The van der Waals surface area contributed by atoms with E-state index in [2.05, 4.69) is 25.6 Å². The second-order valence-electron chi connectivity index (χ2n) is 6.67. The van der Waals surface area contributed by atoms with Gasteiger partial charge in [-0.05, 0) is 35.7 Å². The summed E-state index contributed by atoms with van der Waals surface area (Å²) in [6.45, 7) is 0. The summed E-state index contributed by atoms with van der Waals surface area (Å²) in [6.07, 6.45) is 5.03. The van der Waals surface area contributed by atoms with Gasteiger partial charge in [-0.2, -0.15) is 15.0 Å². The maximum absolute atomic E-state index is 12.6. The minimum absolute atomic E-state index is 0.144. The molecule has 2 aromatic carbocycles. The second kappa shape index (κ2) is 8.44. The summed E-state index contributed by atoms with van der Waals surface area (Å²) >= 11 is 0. The molecule has 0 atom stereocenters. The van der Waals surface area contributed by atoms with Gasteiger partial charge >= 0.3 is 6.03 Å². The summed E-state index contributed by atoms with van der Waals surface area (Å²) in [5.41, 5.74) is 0.699. The van der Waals surface area contributed by atoms with Crippen molar-refractivity contribution in [1.29, 1.82) is 0 Å². The van der Waals surface area contributed by atoms with Gasteiger partial charge in [0.05, 0.1) is 12.0 Å². The van der Waals surface area contributed by atoms with Crippen LogP contribution in [0.1, 0.15) is 11.6 Å². The Balaban J connectivity index is 1.56. The third kappa shape index (κ3) is 4.44. The Kier molecular flexibility index (Phi) is 5.38. The van der Waals surface area contributed by atoms with E-state index in [0.29, 0.717) is 23.2 Å². The molecular formula is C22H20N6O2. The number of aromatic nitrogens is 3. The molecule has 0 aliphatic carbocycles. The fraction of sp³-hybridized carbons (Fsp3) is 0.0909. The van der Waals surface area contributed by atoms with E-state index >= 15 is 0 Å². The molecule has 0 saturated heterocycles. The molecule has 0 aliphatic rings. The number of furan rings is 1. The number of carbonyl (C=O) groups excluding carboxylic acids is 1. The molecule has 0 saturated carbocycles. The van der Waals surface area contributed by atoms with Gasteiger partial charge in [0.2, 0.25) is 11.9 Å². The lowest BCUT2D eigenvalue weighted by Crippen LogP contribution is -2.23. The average Bonchev–Trinajstić information content (AvgIpc) is 3.26. The van der Waals surface area contributed by atoms with Crippen LogP contribution < -0.4 is 15.5 Å². The summed E-state index contributed by atoms with van der Waals surface area (Å²) in [6, 6.07) is 16.7. The Bertz CT molecular complexity index is 1200. The van der Waals surface area contributed by atoms with Gasteiger partial charge in [-0.25, -0.2) is 4.79 Å². The SMILES string of the molecule is CN(C)c1nc(/C=C/c2ccco2)nc(NC(=O)Nc2cccc3ccccc23)n1. The number of rotatable bonds is 5. The van der Waals surface area contributed by atoms with Crippen LogP contribution in [0.5, 0.6) is 0 Å². The minimum atomic E-state index is -0.441. The van der Waals surface area contributed by atoms with Crippen molar-refractivity contribution < 1.29 is 9.21 Å². The smallest absolute Gasteiger partial charge is 0.326 e. The number of fused-ring (bicyclic) bond motifs is 1. The van der Waals surface area contributed by atoms with Crippen LogP contribution in [0.2, 0.25) is 0 Å². The first-order valence-corrected chi connectivity index (χ1v) is 9.29. The standard InChI is InChI=1S/C22H20N6O2/c1-28(2)21-25-19(13-12-16-9-6-14-30-16)24-20(26-21)27-22(29)23-18-11-5-8-15-7-3-4-10-17(15)18/h3-14H,1-2H3,(H2,23,24,25,26,27,29)/b13-12+. The van der Waals surface area contributed by atoms with Gasteiger partial charge < -0.3 is 14.6 Å². The molecule has 8 heteroatoms. The number of hydrogen-bond acceptors (Lipinski definition) is 6. The molecule has 0 radical (unpaired) electrons. The van der Waals surface area contributed by atoms with Crippen LogP contribution in [-0.4, -0.2) is 35.1 Å². The molecule has 0 aliphatic heterocycles. The van der Waals surface area contributed by atoms with Gasteiger partial charge in [-0.1, -0.05) is 36.4 Å². The Morgan fingerprint density at radius 2 is 1.77 bits per heavy atom. The number of amides is 2. The number of nitrogens with zero attached hydrogens (tertiary/aromatic N) is 4. The van der Waals surface area contributed by atoms with Gasteiger partial charge in [0.25, 0.3) is 0 Å². The van der Waals surface area contributed by atoms with Crippen molar-refractivity contribution in [3.63, 3.8) is 0 Å². The zero-order valence-electron chi connectivity index (χ0n) is 16.5. The summed E-state index contributed by atoms with van der Waals surface area (Å²) in [4.78, 5) is 27.3. The number of nitrogens with one attached hydrogen (secondary N) is 2. The third-order valence-electron chi connectivity index (χ3n) is 4.24. The maximum Gasteiger partial charge on any atom is 0.326 e. The number of carbonyl (C=O) groups is 1. The molecule has 0 fully saturated rings. The molecule has 0 spiro atoms. The van der Waals surface area contributed by atoms with Gasteiger partial charge in [0.1, 0.15) is 5.76 Å². The van der Waals surface area contributed by atoms with Crippen LogP contribution in [0.25, 0.3) is 22.9 Å². The van der Waals surface area contributed by atoms with E-state index in [1.807, 2.05) is 62.6 Å². The van der Waals surface area contributed by atoms with Gasteiger partial charge in [0, 0.05) is 19.5 Å². The molecule has 150 valence electrons. The topological polar surface area (TPSA) is 96.2 Å². The van der Waals surface area contributed by atoms with Gasteiger partial charge in [-0.15, -0.1) is 0 Å². The van der Waals surface area contributed by atoms with Gasteiger partial charge in [-0.3, -0.25) is 5.32 Å². The molecule has 0 bridgehead atoms.